The molecule has 3 heteroatoms. The molecule has 0 fully saturated rings. The van der Waals surface area contributed by atoms with E-state index in [9.17, 15) is 4.79 Å². The van der Waals surface area contributed by atoms with Crippen molar-refractivity contribution in [3.63, 3.8) is 0 Å². The second-order valence-electron chi connectivity index (χ2n) is 5.26. The van der Waals surface area contributed by atoms with Gasteiger partial charge in [0, 0.05) is 12.6 Å². The Morgan fingerprint density at radius 2 is 2.00 bits per heavy atom. The van der Waals surface area contributed by atoms with Crippen molar-refractivity contribution in [3.8, 4) is 0 Å². The van der Waals surface area contributed by atoms with Gasteiger partial charge in [-0.2, -0.15) is 0 Å². The lowest BCUT2D eigenvalue weighted by Gasteiger charge is -2.04. The lowest BCUT2D eigenvalue weighted by molar-refractivity contribution is -0.116. The van der Waals surface area contributed by atoms with E-state index in [0.29, 0.717) is 5.92 Å². The van der Waals surface area contributed by atoms with Gasteiger partial charge in [-0.25, -0.2) is 0 Å². The largest absolute Gasteiger partial charge is 0.352 e. The van der Waals surface area contributed by atoms with E-state index in [1.165, 1.54) is 18.4 Å². The van der Waals surface area contributed by atoms with Crippen molar-refractivity contribution in [2.75, 3.05) is 12.3 Å². The van der Waals surface area contributed by atoms with Gasteiger partial charge in [-0.3, -0.25) is 4.79 Å². The first-order valence-corrected chi connectivity index (χ1v) is 8.33. The summed E-state index contributed by atoms with van der Waals surface area (Å²) < 4.78 is 0. The van der Waals surface area contributed by atoms with Crippen molar-refractivity contribution in [2.24, 2.45) is 5.92 Å². The van der Waals surface area contributed by atoms with Crippen LogP contribution in [0.4, 0.5) is 0 Å². The Labute approximate surface area is 127 Å². The molecule has 0 radical (unpaired) electrons. The standard InChI is InChI=1S/C17H25NOS/c1-15(2)14-18-17(19)11-13-20-12-7-6-10-16-8-4-3-5-9-16/h3-5,8-9,11,13,15H,6-7,10,12,14H2,1-2H3,(H,18,19)/b13-11-. The molecule has 1 aromatic rings. The maximum Gasteiger partial charge on any atom is 0.244 e. The number of hydrogen-bond acceptors (Lipinski definition) is 2. The van der Waals surface area contributed by atoms with Crippen LogP contribution in [0.5, 0.6) is 0 Å². The fourth-order valence-corrected chi connectivity index (χ4v) is 2.43. The van der Waals surface area contributed by atoms with Crippen LogP contribution < -0.4 is 5.32 Å². The molecule has 2 nitrogen and oxygen atoms in total. The van der Waals surface area contributed by atoms with Gasteiger partial charge in [0.15, 0.2) is 0 Å². The second kappa shape index (κ2) is 10.6. The quantitative estimate of drug-likeness (QED) is 0.550. The fourth-order valence-electron chi connectivity index (χ4n) is 1.70. The maximum atomic E-state index is 11.4. The van der Waals surface area contributed by atoms with E-state index in [1.54, 1.807) is 17.8 Å². The highest BCUT2D eigenvalue weighted by atomic mass is 32.2. The highest BCUT2D eigenvalue weighted by molar-refractivity contribution is 8.02. The minimum Gasteiger partial charge on any atom is -0.352 e. The van der Waals surface area contributed by atoms with Crippen molar-refractivity contribution >= 4 is 17.7 Å². The smallest absolute Gasteiger partial charge is 0.244 e. The van der Waals surface area contributed by atoms with Crippen LogP contribution >= 0.6 is 11.8 Å². The van der Waals surface area contributed by atoms with E-state index in [4.69, 9.17) is 0 Å². The molecule has 1 rings (SSSR count). The van der Waals surface area contributed by atoms with E-state index in [2.05, 4.69) is 49.5 Å². The number of aryl methyl sites for hydroxylation is 1. The first-order chi connectivity index (χ1) is 9.68. The molecule has 0 saturated heterocycles. The van der Waals surface area contributed by atoms with Gasteiger partial charge in [-0.15, -0.1) is 11.8 Å². The molecule has 0 saturated carbocycles. The summed E-state index contributed by atoms with van der Waals surface area (Å²) in [5, 5.41) is 4.77. The molecule has 0 atom stereocenters. The first-order valence-electron chi connectivity index (χ1n) is 7.28. The van der Waals surface area contributed by atoms with Gasteiger partial charge in [0.05, 0.1) is 0 Å². The molecule has 1 aromatic carbocycles. The van der Waals surface area contributed by atoms with Crippen molar-refractivity contribution in [1.29, 1.82) is 0 Å². The molecule has 0 aliphatic rings. The average molecular weight is 291 g/mol. The molecular formula is C17H25NOS. The van der Waals surface area contributed by atoms with Crippen LogP contribution in [0.25, 0.3) is 0 Å². The summed E-state index contributed by atoms with van der Waals surface area (Å²) in [6.07, 6.45) is 5.14. The third-order valence-corrected chi connectivity index (χ3v) is 3.67. The molecule has 1 N–H and O–H groups in total. The third kappa shape index (κ3) is 8.81. The zero-order valence-electron chi connectivity index (χ0n) is 12.5. The van der Waals surface area contributed by atoms with Gasteiger partial charge in [-0.1, -0.05) is 44.2 Å². The minimum atomic E-state index is 0.00971. The van der Waals surface area contributed by atoms with Crippen LogP contribution in [0.3, 0.4) is 0 Å². The van der Waals surface area contributed by atoms with Crippen LogP contribution in [0.2, 0.25) is 0 Å². The Morgan fingerprint density at radius 1 is 1.25 bits per heavy atom. The molecule has 0 aliphatic heterocycles. The number of amides is 1. The Balaban J connectivity index is 2.00. The van der Waals surface area contributed by atoms with E-state index in [0.717, 1.165) is 18.7 Å². The number of carbonyl (C=O) groups excluding carboxylic acids is 1. The minimum absolute atomic E-state index is 0.00971. The summed E-state index contributed by atoms with van der Waals surface area (Å²) >= 11 is 1.71. The highest BCUT2D eigenvalue weighted by Gasteiger charge is 1.97. The number of nitrogens with one attached hydrogen (secondary N) is 1. The Hall–Kier alpha value is -1.22. The summed E-state index contributed by atoms with van der Waals surface area (Å²) in [6, 6.07) is 10.6. The number of unbranched alkanes of at least 4 members (excludes halogenated alkanes) is 1. The van der Waals surface area contributed by atoms with Gasteiger partial charge >= 0.3 is 0 Å². The molecule has 0 heterocycles. The Morgan fingerprint density at radius 3 is 2.70 bits per heavy atom. The second-order valence-corrected chi connectivity index (χ2v) is 6.27. The number of benzene rings is 1. The lowest BCUT2D eigenvalue weighted by Crippen LogP contribution is -2.25. The van der Waals surface area contributed by atoms with Gasteiger partial charge in [-0.05, 0) is 41.9 Å². The predicted octanol–water partition coefficient (Wildman–Crippen LogP) is 4.03. The van der Waals surface area contributed by atoms with Gasteiger partial charge in [0.2, 0.25) is 5.91 Å². The third-order valence-electron chi connectivity index (χ3n) is 2.82. The number of carbonyl (C=O) groups is 1. The normalized spacial score (nSPS) is 11.2. The summed E-state index contributed by atoms with van der Waals surface area (Å²) in [5.74, 6) is 1.58. The fraction of sp³-hybridized carbons (Fsp3) is 0.471. The number of hydrogen-bond donors (Lipinski definition) is 1. The summed E-state index contributed by atoms with van der Waals surface area (Å²) in [7, 11) is 0. The zero-order chi connectivity index (χ0) is 14.6. The lowest BCUT2D eigenvalue weighted by atomic mass is 10.1. The van der Waals surface area contributed by atoms with E-state index < -0.39 is 0 Å². The molecule has 0 spiro atoms. The van der Waals surface area contributed by atoms with Crippen LogP contribution in [0.15, 0.2) is 41.8 Å². The Bertz CT molecular complexity index is 401. The summed E-state index contributed by atoms with van der Waals surface area (Å²) in [6.45, 7) is 4.92. The van der Waals surface area contributed by atoms with Crippen LogP contribution in [-0.4, -0.2) is 18.2 Å². The highest BCUT2D eigenvalue weighted by Crippen LogP contribution is 2.09. The van der Waals surface area contributed by atoms with Crippen molar-refractivity contribution < 1.29 is 4.79 Å². The predicted molar refractivity (Wildman–Crippen MR) is 88.8 cm³/mol. The van der Waals surface area contributed by atoms with Crippen molar-refractivity contribution in [2.45, 2.75) is 33.1 Å². The number of thioether (sulfide) groups is 1. The monoisotopic (exact) mass is 291 g/mol. The SMILES string of the molecule is CC(C)CNC(=O)/C=C\SCCCCc1ccccc1. The summed E-state index contributed by atoms with van der Waals surface area (Å²) in [5.41, 5.74) is 1.40. The van der Waals surface area contributed by atoms with Gasteiger partial charge in [0.1, 0.15) is 0 Å². The van der Waals surface area contributed by atoms with E-state index in [-0.39, 0.29) is 5.91 Å². The first kappa shape index (κ1) is 16.8. The molecule has 1 amide bonds. The molecular weight excluding hydrogens is 266 g/mol. The van der Waals surface area contributed by atoms with E-state index >= 15 is 0 Å². The number of rotatable bonds is 9. The zero-order valence-corrected chi connectivity index (χ0v) is 13.3. The van der Waals surface area contributed by atoms with Crippen LogP contribution in [0, 0.1) is 5.92 Å². The molecule has 0 aromatic heterocycles. The molecule has 0 unspecified atom stereocenters. The Kier molecular flexibility index (Phi) is 8.88. The van der Waals surface area contributed by atoms with E-state index in [1.807, 2.05) is 5.41 Å². The van der Waals surface area contributed by atoms with Crippen molar-refractivity contribution in [3.05, 3.63) is 47.4 Å². The molecule has 20 heavy (non-hydrogen) atoms. The molecule has 0 bridgehead atoms. The summed E-state index contributed by atoms with van der Waals surface area (Å²) in [4.78, 5) is 11.4. The topological polar surface area (TPSA) is 29.1 Å². The van der Waals surface area contributed by atoms with Crippen LogP contribution in [-0.2, 0) is 11.2 Å². The average Bonchev–Trinajstić information content (AvgIpc) is 2.45. The van der Waals surface area contributed by atoms with Crippen molar-refractivity contribution in [1.82, 2.24) is 5.32 Å². The molecule has 110 valence electrons. The van der Waals surface area contributed by atoms with Gasteiger partial charge < -0.3 is 5.32 Å². The van der Waals surface area contributed by atoms with Crippen LogP contribution in [0.1, 0.15) is 32.3 Å². The maximum absolute atomic E-state index is 11.4. The van der Waals surface area contributed by atoms with Gasteiger partial charge in [0.25, 0.3) is 0 Å². The molecule has 0 aliphatic carbocycles.